The topological polar surface area (TPSA) is 21.6 Å². The molecule has 1 aliphatic carbocycles. The van der Waals surface area contributed by atoms with E-state index >= 15 is 0 Å². The van der Waals surface area contributed by atoms with E-state index in [4.69, 9.17) is 4.84 Å². The lowest BCUT2D eigenvalue weighted by Gasteiger charge is -2.24. The smallest absolute Gasteiger partial charge is 0.391 e. The van der Waals surface area contributed by atoms with Gasteiger partial charge in [0.15, 0.2) is 5.71 Å². The molecule has 0 amide bonds. The lowest BCUT2D eigenvalue weighted by molar-refractivity contribution is -0.0737. The van der Waals surface area contributed by atoms with E-state index < -0.39 is 11.9 Å². The number of hydrogen-bond donors (Lipinski definition) is 0. The molecule has 13 heavy (non-hydrogen) atoms. The van der Waals surface area contributed by atoms with Gasteiger partial charge in [-0.2, -0.15) is 13.2 Å². The third kappa shape index (κ3) is 1.55. The van der Waals surface area contributed by atoms with Gasteiger partial charge >= 0.3 is 6.18 Å². The molecule has 0 radical (unpaired) electrons. The minimum atomic E-state index is -4.35. The van der Waals surface area contributed by atoms with Crippen LogP contribution in [0.1, 0.15) is 12.8 Å². The van der Waals surface area contributed by atoms with Crippen LogP contribution in [0.5, 0.6) is 0 Å². The number of alkyl halides is 3. The Labute approximate surface area is 73.1 Å². The lowest BCUT2D eigenvalue weighted by atomic mass is 9.98. The number of fused-ring (bicyclic) bond motifs is 1. The second-order valence-corrected chi connectivity index (χ2v) is 3.21. The van der Waals surface area contributed by atoms with E-state index in [1.54, 1.807) is 6.08 Å². The van der Waals surface area contributed by atoms with Crippen molar-refractivity contribution in [3.05, 3.63) is 12.2 Å². The molecule has 0 aromatic rings. The van der Waals surface area contributed by atoms with Crippen LogP contribution in [-0.4, -0.2) is 18.0 Å². The second kappa shape index (κ2) is 2.75. The summed E-state index contributed by atoms with van der Waals surface area (Å²) >= 11 is 0. The maximum absolute atomic E-state index is 12.2. The molecular weight excluding hydrogens is 183 g/mol. The van der Waals surface area contributed by atoms with Crippen molar-refractivity contribution in [2.45, 2.75) is 25.1 Å². The van der Waals surface area contributed by atoms with E-state index in [9.17, 15) is 13.2 Å². The molecule has 5 heteroatoms. The zero-order valence-corrected chi connectivity index (χ0v) is 6.71. The van der Waals surface area contributed by atoms with Gasteiger partial charge in [0.05, 0.1) is 0 Å². The average molecular weight is 191 g/mol. The van der Waals surface area contributed by atoms with Crippen LogP contribution < -0.4 is 0 Å². The summed E-state index contributed by atoms with van der Waals surface area (Å²) in [4.78, 5) is 4.75. The first-order chi connectivity index (χ1) is 6.07. The van der Waals surface area contributed by atoms with Gasteiger partial charge in [-0.25, -0.2) is 0 Å². The number of rotatable bonds is 0. The summed E-state index contributed by atoms with van der Waals surface area (Å²) in [6, 6.07) is 0. The standard InChI is InChI=1S/C8H8F3NO/c9-8(10,11)7-4-5-2-1-3-6(5)13-12-7/h1-2,5-6H,3-4H2. The van der Waals surface area contributed by atoms with E-state index in [-0.39, 0.29) is 18.4 Å². The highest BCUT2D eigenvalue weighted by atomic mass is 19.4. The molecule has 1 heterocycles. The molecule has 0 N–H and O–H groups in total. The quantitative estimate of drug-likeness (QED) is 0.538. The van der Waals surface area contributed by atoms with Crippen LogP contribution in [0.3, 0.4) is 0 Å². The van der Waals surface area contributed by atoms with E-state index in [0.717, 1.165) is 0 Å². The molecule has 0 aromatic heterocycles. The molecule has 72 valence electrons. The second-order valence-electron chi connectivity index (χ2n) is 3.21. The molecular formula is C8H8F3NO. The Kier molecular flexibility index (Phi) is 1.82. The highest BCUT2D eigenvalue weighted by Gasteiger charge is 2.42. The Morgan fingerprint density at radius 2 is 2.23 bits per heavy atom. The molecule has 0 saturated heterocycles. The first-order valence-corrected chi connectivity index (χ1v) is 4.04. The minimum absolute atomic E-state index is 0.0509. The van der Waals surface area contributed by atoms with Gasteiger partial charge in [-0.3, -0.25) is 0 Å². The molecule has 2 nitrogen and oxygen atoms in total. The summed E-state index contributed by atoms with van der Waals surface area (Å²) in [5, 5.41) is 3.10. The monoisotopic (exact) mass is 191 g/mol. The van der Waals surface area contributed by atoms with Gasteiger partial charge in [0.1, 0.15) is 6.10 Å². The van der Waals surface area contributed by atoms with E-state index in [0.29, 0.717) is 6.42 Å². The molecule has 2 atom stereocenters. The fourth-order valence-corrected chi connectivity index (χ4v) is 1.57. The highest BCUT2D eigenvalue weighted by molar-refractivity contribution is 5.90. The van der Waals surface area contributed by atoms with Crippen molar-refractivity contribution in [1.82, 2.24) is 0 Å². The van der Waals surface area contributed by atoms with Crippen molar-refractivity contribution in [2.75, 3.05) is 0 Å². The third-order valence-electron chi connectivity index (χ3n) is 2.28. The third-order valence-corrected chi connectivity index (χ3v) is 2.28. The Hall–Kier alpha value is -1.00. The van der Waals surface area contributed by atoms with Gasteiger partial charge in [0.25, 0.3) is 0 Å². The summed E-state index contributed by atoms with van der Waals surface area (Å²) in [5.41, 5.74) is -0.805. The number of halogens is 3. The summed E-state index contributed by atoms with van der Waals surface area (Å²) in [5.74, 6) is -0.144. The molecule has 0 bridgehead atoms. The van der Waals surface area contributed by atoms with Crippen LogP contribution in [0, 0.1) is 5.92 Å². The molecule has 0 saturated carbocycles. The predicted molar refractivity (Wildman–Crippen MR) is 40.2 cm³/mol. The largest absolute Gasteiger partial charge is 0.432 e. The van der Waals surface area contributed by atoms with Crippen LogP contribution in [0.15, 0.2) is 17.3 Å². The Balaban J connectivity index is 2.13. The molecule has 2 unspecified atom stereocenters. The lowest BCUT2D eigenvalue weighted by Crippen LogP contribution is -2.33. The van der Waals surface area contributed by atoms with Gasteiger partial charge in [0, 0.05) is 18.8 Å². The van der Waals surface area contributed by atoms with Crippen molar-refractivity contribution < 1.29 is 18.0 Å². The number of oxime groups is 1. The first-order valence-electron chi connectivity index (χ1n) is 4.04. The van der Waals surface area contributed by atoms with Crippen LogP contribution >= 0.6 is 0 Å². The fraction of sp³-hybridized carbons (Fsp3) is 0.625. The van der Waals surface area contributed by atoms with Crippen molar-refractivity contribution >= 4 is 5.71 Å². The zero-order chi connectivity index (χ0) is 9.47. The van der Waals surface area contributed by atoms with E-state index in [2.05, 4.69) is 5.16 Å². The maximum atomic E-state index is 12.2. The molecule has 0 fully saturated rings. The van der Waals surface area contributed by atoms with Crippen molar-refractivity contribution in [2.24, 2.45) is 11.1 Å². The molecule has 0 aromatic carbocycles. The summed E-state index contributed by atoms with van der Waals surface area (Å²) < 4.78 is 36.5. The predicted octanol–water partition coefficient (Wildman–Crippen LogP) is 2.27. The van der Waals surface area contributed by atoms with Gasteiger partial charge in [-0.05, 0) is 0 Å². The Morgan fingerprint density at radius 3 is 2.92 bits per heavy atom. The van der Waals surface area contributed by atoms with Crippen LogP contribution in [-0.2, 0) is 4.84 Å². The highest BCUT2D eigenvalue weighted by Crippen LogP contribution is 2.33. The molecule has 2 aliphatic rings. The Bertz CT molecular complexity index is 269. The Morgan fingerprint density at radius 1 is 1.46 bits per heavy atom. The average Bonchev–Trinajstić information content (AvgIpc) is 2.47. The van der Waals surface area contributed by atoms with Gasteiger partial charge in [-0.15, -0.1) is 0 Å². The van der Waals surface area contributed by atoms with Gasteiger partial charge < -0.3 is 4.84 Å². The van der Waals surface area contributed by atoms with Crippen LogP contribution in [0.25, 0.3) is 0 Å². The van der Waals surface area contributed by atoms with Crippen molar-refractivity contribution in [3.8, 4) is 0 Å². The maximum Gasteiger partial charge on any atom is 0.432 e. The molecule has 0 spiro atoms. The summed E-state index contributed by atoms with van der Waals surface area (Å²) in [7, 11) is 0. The minimum Gasteiger partial charge on any atom is -0.391 e. The van der Waals surface area contributed by atoms with Gasteiger partial charge in [-0.1, -0.05) is 17.3 Å². The molecule has 1 aliphatic heterocycles. The number of nitrogens with zero attached hydrogens (tertiary/aromatic N) is 1. The van der Waals surface area contributed by atoms with Gasteiger partial charge in [0.2, 0.25) is 0 Å². The summed E-state index contributed by atoms with van der Waals surface area (Å²) in [6.45, 7) is 0. The van der Waals surface area contributed by atoms with Crippen molar-refractivity contribution in [3.63, 3.8) is 0 Å². The molecule has 2 rings (SSSR count). The first kappa shape index (κ1) is 8.59. The normalized spacial score (nSPS) is 32.4. The summed E-state index contributed by atoms with van der Waals surface area (Å²) in [6.07, 6.45) is -0.299. The van der Waals surface area contributed by atoms with E-state index in [1.165, 1.54) is 0 Å². The zero-order valence-electron chi connectivity index (χ0n) is 6.71. The fourth-order valence-electron chi connectivity index (χ4n) is 1.57. The number of hydrogen-bond acceptors (Lipinski definition) is 2. The van der Waals surface area contributed by atoms with E-state index in [1.807, 2.05) is 6.08 Å². The SMILES string of the molecule is FC(F)(F)C1=NOC2CC=CC2C1. The van der Waals surface area contributed by atoms with Crippen molar-refractivity contribution in [1.29, 1.82) is 0 Å². The van der Waals surface area contributed by atoms with Crippen LogP contribution in [0.4, 0.5) is 13.2 Å². The van der Waals surface area contributed by atoms with Crippen LogP contribution in [0.2, 0.25) is 0 Å².